The third-order valence-electron chi connectivity index (χ3n) is 5.99. The molecule has 4 rings (SSSR count). The Morgan fingerprint density at radius 1 is 1.21 bits per heavy atom. The maximum absolute atomic E-state index is 12.5. The molecular formula is C24H27N7O2. The van der Waals surface area contributed by atoms with E-state index in [2.05, 4.69) is 26.8 Å². The fourth-order valence-corrected chi connectivity index (χ4v) is 4.16. The molecule has 0 aliphatic carbocycles. The van der Waals surface area contributed by atoms with Gasteiger partial charge in [0, 0.05) is 43.1 Å². The number of likely N-dealkylation sites (tertiary alicyclic amines) is 1. The summed E-state index contributed by atoms with van der Waals surface area (Å²) in [5.41, 5.74) is 5.25. The largest absolute Gasteiger partial charge is 0.352 e. The third kappa shape index (κ3) is 4.95. The zero-order valence-electron chi connectivity index (χ0n) is 18.9. The molecule has 0 spiro atoms. The zero-order valence-corrected chi connectivity index (χ0v) is 18.9. The van der Waals surface area contributed by atoms with Gasteiger partial charge in [-0.05, 0) is 56.4 Å². The van der Waals surface area contributed by atoms with Crippen LogP contribution in [0.5, 0.6) is 0 Å². The Bertz CT molecular complexity index is 1240. The maximum Gasteiger partial charge on any atom is 0.321 e. The van der Waals surface area contributed by atoms with Crippen molar-refractivity contribution in [2.75, 3.05) is 18.4 Å². The van der Waals surface area contributed by atoms with Crippen LogP contribution in [0, 0.1) is 25.2 Å². The van der Waals surface area contributed by atoms with Gasteiger partial charge in [0.1, 0.15) is 11.6 Å². The van der Waals surface area contributed by atoms with Gasteiger partial charge in [-0.1, -0.05) is 12.1 Å². The van der Waals surface area contributed by atoms with Crippen LogP contribution in [-0.2, 0) is 17.8 Å². The molecular weight excluding hydrogens is 418 g/mol. The Hall–Kier alpha value is -3.93. The highest BCUT2D eigenvalue weighted by atomic mass is 16.2. The molecule has 2 aromatic heterocycles. The molecule has 1 fully saturated rings. The average Bonchev–Trinajstić information content (AvgIpc) is 3.48. The number of nitriles is 1. The average molecular weight is 446 g/mol. The SMILES string of the molecule is Cc1nc2c(C#N)cnn2c(C)c1CCC(=O)NCc1cccc(NC(=O)N2CCCC2)c1. The van der Waals surface area contributed by atoms with Gasteiger partial charge in [0.15, 0.2) is 5.65 Å². The molecule has 33 heavy (non-hydrogen) atoms. The van der Waals surface area contributed by atoms with Gasteiger partial charge in [-0.25, -0.2) is 14.3 Å². The molecule has 3 amide bonds. The van der Waals surface area contributed by atoms with Crippen molar-refractivity contribution < 1.29 is 9.59 Å². The summed E-state index contributed by atoms with van der Waals surface area (Å²) in [5.74, 6) is -0.0708. The summed E-state index contributed by atoms with van der Waals surface area (Å²) in [6.45, 7) is 5.78. The zero-order chi connectivity index (χ0) is 23.4. The molecule has 0 radical (unpaired) electrons. The van der Waals surface area contributed by atoms with Crippen LogP contribution in [0.3, 0.4) is 0 Å². The number of hydrogen-bond acceptors (Lipinski definition) is 5. The second-order valence-corrected chi connectivity index (χ2v) is 8.27. The van der Waals surface area contributed by atoms with Crippen LogP contribution in [0.4, 0.5) is 10.5 Å². The van der Waals surface area contributed by atoms with Crippen LogP contribution >= 0.6 is 0 Å². The molecule has 170 valence electrons. The second-order valence-electron chi connectivity index (χ2n) is 8.27. The Balaban J connectivity index is 1.33. The molecule has 3 aromatic rings. The Labute approximate surface area is 192 Å². The van der Waals surface area contributed by atoms with Gasteiger partial charge >= 0.3 is 6.03 Å². The van der Waals surface area contributed by atoms with Gasteiger partial charge in [0.25, 0.3) is 0 Å². The summed E-state index contributed by atoms with van der Waals surface area (Å²) in [6, 6.07) is 9.54. The summed E-state index contributed by atoms with van der Waals surface area (Å²) in [6.07, 6.45) is 4.44. The number of hydrogen-bond donors (Lipinski definition) is 2. The third-order valence-corrected chi connectivity index (χ3v) is 5.99. The van der Waals surface area contributed by atoms with Gasteiger partial charge < -0.3 is 15.5 Å². The minimum absolute atomic E-state index is 0.0708. The van der Waals surface area contributed by atoms with Crippen LogP contribution in [-0.4, -0.2) is 44.5 Å². The number of anilines is 1. The number of urea groups is 1. The van der Waals surface area contributed by atoms with Crippen LogP contribution in [0.15, 0.2) is 30.5 Å². The molecule has 0 unspecified atom stereocenters. The minimum atomic E-state index is -0.0796. The Morgan fingerprint density at radius 3 is 2.76 bits per heavy atom. The van der Waals surface area contributed by atoms with Crippen LogP contribution in [0.2, 0.25) is 0 Å². The van der Waals surface area contributed by atoms with Crippen molar-refractivity contribution in [3.63, 3.8) is 0 Å². The van der Waals surface area contributed by atoms with Crippen molar-refractivity contribution in [2.45, 2.75) is 46.1 Å². The molecule has 1 aromatic carbocycles. The number of amides is 3. The van der Waals surface area contributed by atoms with E-state index in [-0.39, 0.29) is 11.9 Å². The molecule has 0 bridgehead atoms. The monoisotopic (exact) mass is 445 g/mol. The summed E-state index contributed by atoms with van der Waals surface area (Å²) in [5, 5.41) is 19.3. The Morgan fingerprint density at radius 2 is 2.00 bits per heavy atom. The topological polar surface area (TPSA) is 115 Å². The minimum Gasteiger partial charge on any atom is -0.352 e. The first-order valence-electron chi connectivity index (χ1n) is 11.1. The number of fused-ring (bicyclic) bond motifs is 1. The lowest BCUT2D eigenvalue weighted by atomic mass is 10.1. The molecule has 1 aliphatic heterocycles. The number of carbonyl (C=O) groups is 2. The first kappa shape index (κ1) is 22.3. The fraction of sp³-hybridized carbons (Fsp3) is 0.375. The lowest BCUT2D eigenvalue weighted by Gasteiger charge is -2.16. The number of aromatic nitrogens is 3. The lowest BCUT2D eigenvalue weighted by molar-refractivity contribution is -0.121. The molecule has 2 N–H and O–H groups in total. The number of rotatable bonds is 6. The van der Waals surface area contributed by atoms with Crippen LogP contribution < -0.4 is 10.6 Å². The predicted octanol–water partition coefficient (Wildman–Crippen LogP) is 3.09. The van der Waals surface area contributed by atoms with Crippen molar-refractivity contribution in [3.05, 3.63) is 58.5 Å². The first-order chi connectivity index (χ1) is 16.0. The standard InChI is InChI=1S/C24H27N7O2/c1-16-21(17(2)31-23(28-16)19(13-25)15-27-31)8-9-22(32)26-14-18-6-5-7-20(12-18)29-24(33)30-10-3-4-11-30/h5-7,12,15H,3-4,8-11,14H2,1-2H3,(H,26,32)(H,29,33). The number of benzene rings is 1. The van der Waals surface area contributed by atoms with E-state index in [1.54, 1.807) is 4.52 Å². The number of nitrogens with zero attached hydrogens (tertiary/aromatic N) is 5. The summed E-state index contributed by atoms with van der Waals surface area (Å²) < 4.78 is 1.65. The van der Waals surface area contributed by atoms with Crippen LogP contribution in [0.25, 0.3) is 5.65 Å². The highest BCUT2D eigenvalue weighted by Crippen LogP contribution is 2.18. The molecule has 1 saturated heterocycles. The Kier molecular flexibility index (Phi) is 6.54. The van der Waals surface area contributed by atoms with Crippen molar-refractivity contribution >= 4 is 23.3 Å². The predicted molar refractivity (Wildman–Crippen MR) is 124 cm³/mol. The molecule has 9 nitrogen and oxygen atoms in total. The second kappa shape index (κ2) is 9.69. The number of carbonyl (C=O) groups excluding carboxylic acids is 2. The molecule has 0 atom stereocenters. The summed E-state index contributed by atoms with van der Waals surface area (Å²) in [7, 11) is 0. The maximum atomic E-state index is 12.5. The van der Waals surface area contributed by atoms with E-state index in [0.717, 1.165) is 54.1 Å². The smallest absolute Gasteiger partial charge is 0.321 e. The van der Waals surface area contributed by atoms with Crippen molar-refractivity contribution in [1.82, 2.24) is 24.8 Å². The van der Waals surface area contributed by atoms with E-state index in [0.29, 0.717) is 30.6 Å². The first-order valence-corrected chi connectivity index (χ1v) is 11.1. The lowest BCUT2D eigenvalue weighted by Crippen LogP contribution is -2.32. The number of nitrogens with one attached hydrogen (secondary N) is 2. The van der Waals surface area contributed by atoms with E-state index < -0.39 is 0 Å². The quantitative estimate of drug-likeness (QED) is 0.605. The van der Waals surface area contributed by atoms with E-state index in [1.807, 2.05) is 43.0 Å². The van der Waals surface area contributed by atoms with Gasteiger partial charge in [-0.3, -0.25) is 4.79 Å². The van der Waals surface area contributed by atoms with Gasteiger partial charge in [-0.2, -0.15) is 10.4 Å². The van der Waals surface area contributed by atoms with Crippen molar-refractivity contribution in [1.29, 1.82) is 5.26 Å². The molecule has 9 heteroatoms. The molecule has 0 saturated carbocycles. The summed E-state index contributed by atoms with van der Waals surface area (Å²) in [4.78, 5) is 31.1. The van der Waals surface area contributed by atoms with Crippen molar-refractivity contribution in [3.8, 4) is 6.07 Å². The van der Waals surface area contributed by atoms with Crippen molar-refractivity contribution in [2.24, 2.45) is 0 Å². The van der Waals surface area contributed by atoms with E-state index in [1.165, 1.54) is 6.20 Å². The number of aryl methyl sites for hydroxylation is 2. The molecule has 3 heterocycles. The van der Waals surface area contributed by atoms with E-state index >= 15 is 0 Å². The summed E-state index contributed by atoms with van der Waals surface area (Å²) >= 11 is 0. The van der Waals surface area contributed by atoms with Gasteiger partial charge in [0.05, 0.1) is 6.20 Å². The normalized spacial score (nSPS) is 13.2. The fourth-order valence-electron chi connectivity index (χ4n) is 4.16. The van der Waals surface area contributed by atoms with E-state index in [4.69, 9.17) is 0 Å². The van der Waals surface area contributed by atoms with Gasteiger partial charge in [-0.15, -0.1) is 0 Å². The van der Waals surface area contributed by atoms with Gasteiger partial charge in [0.2, 0.25) is 5.91 Å². The highest BCUT2D eigenvalue weighted by molar-refractivity contribution is 5.89. The van der Waals surface area contributed by atoms with E-state index in [9.17, 15) is 14.9 Å². The van der Waals surface area contributed by atoms with Crippen LogP contribution in [0.1, 0.15) is 47.3 Å². The highest BCUT2D eigenvalue weighted by Gasteiger charge is 2.18. The molecule has 1 aliphatic rings.